The van der Waals surface area contributed by atoms with Crippen LogP contribution in [0.5, 0.6) is 0 Å². The molecule has 0 radical (unpaired) electrons. The molecular weight excluding hydrogens is 156 g/mol. The van der Waals surface area contributed by atoms with Crippen molar-refractivity contribution in [2.75, 3.05) is 13.7 Å². The van der Waals surface area contributed by atoms with Crippen molar-refractivity contribution in [3.05, 3.63) is 17.8 Å². The highest BCUT2D eigenvalue weighted by atomic mass is 16.3. The van der Waals surface area contributed by atoms with Gasteiger partial charge in [-0.25, -0.2) is 4.98 Å². The highest BCUT2D eigenvalue weighted by Gasteiger charge is 2.19. The summed E-state index contributed by atoms with van der Waals surface area (Å²) in [5.74, 6) is 1.55. The van der Waals surface area contributed by atoms with E-state index in [1.54, 1.807) is 0 Å². The first-order chi connectivity index (χ1) is 5.79. The van der Waals surface area contributed by atoms with E-state index in [0.717, 1.165) is 24.0 Å². The smallest absolute Gasteiger partial charge is 0.194 e. The molecule has 0 saturated heterocycles. The van der Waals surface area contributed by atoms with E-state index >= 15 is 0 Å². The number of hydrogen-bond acceptors (Lipinski definition) is 5. The van der Waals surface area contributed by atoms with E-state index in [1.807, 2.05) is 18.9 Å². The van der Waals surface area contributed by atoms with E-state index in [0.29, 0.717) is 0 Å². The minimum absolute atomic E-state index is 0.718. The number of nitrogens with one attached hydrogen (secondary N) is 1. The van der Waals surface area contributed by atoms with Gasteiger partial charge in [0.05, 0.1) is 5.69 Å². The molecular formula is C7H10N4O. The van der Waals surface area contributed by atoms with Crippen LogP contribution >= 0.6 is 0 Å². The molecule has 2 heterocycles. The second-order valence-corrected chi connectivity index (χ2v) is 2.72. The molecule has 0 atom stereocenters. The minimum atomic E-state index is 0.718. The molecule has 1 aromatic heterocycles. The Morgan fingerprint density at radius 1 is 1.67 bits per heavy atom. The molecule has 1 aromatic rings. The Morgan fingerprint density at radius 3 is 3.00 bits per heavy atom. The van der Waals surface area contributed by atoms with Crippen LogP contribution < -0.4 is 5.43 Å². The van der Waals surface area contributed by atoms with E-state index in [1.165, 1.54) is 6.39 Å². The van der Waals surface area contributed by atoms with Gasteiger partial charge in [-0.2, -0.15) is 5.10 Å². The quantitative estimate of drug-likeness (QED) is 0.644. The predicted octanol–water partition coefficient (Wildman–Crippen LogP) is 0.137. The summed E-state index contributed by atoms with van der Waals surface area (Å²) in [7, 11) is 1.95. The van der Waals surface area contributed by atoms with Gasteiger partial charge in [0.15, 0.2) is 18.0 Å². The Morgan fingerprint density at radius 2 is 2.50 bits per heavy atom. The molecule has 0 amide bonds. The fourth-order valence-electron chi connectivity index (χ4n) is 1.12. The number of hydrazone groups is 1. The zero-order valence-electron chi connectivity index (χ0n) is 7.03. The molecule has 12 heavy (non-hydrogen) atoms. The molecule has 0 aliphatic carbocycles. The van der Waals surface area contributed by atoms with Crippen LogP contribution in [-0.2, 0) is 0 Å². The molecule has 2 rings (SSSR count). The molecule has 0 spiro atoms. The van der Waals surface area contributed by atoms with Crippen molar-refractivity contribution in [3.63, 3.8) is 0 Å². The normalized spacial score (nSPS) is 16.2. The van der Waals surface area contributed by atoms with Gasteiger partial charge in [0, 0.05) is 7.05 Å². The lowest BCUT2D eigenvalue weighted by atomic mass is 10.3. The Labute approximate surface area is 70.1 Å². The van der Waals surface area contributed by atoms with Crippen molar-refractivity contribution in [1.29, 1.82) is 0 Å². The largest absolute Gasteiger partial charge is 0.440 e. The molecule has 64 valence electrons. The first-order valence-electron chi connectivity index (χ1n) is 3.71. The lowest BCUT2D eigenvalue weighted by Crippen LogP contribution is -2.25. The summed E-state index contributed by atoms with van der Waals surface area (Å²) in [6.07, 6.45) is 1.43. The molecule has 0 bridgehead atoms. The second kappa shape index (κ2) is 2.51. The maximum absolute atomic E-state index is 5.20. The van der Waals surface area contributed by atoms with Gasteiger partial charge < -0.3 is 9.32 Å². The summed E-state index contributed by atoms with van der Waals surface area (Å²) in [5.41, 5.74) is 3.73. The van der Waals surface area contributed by atoms with Gasteiger partial charge in [0.2, 0.25) is 0 Å². The Bertz CT molecular complexity index is 317. The average Bonchev–Trinajstić information content (AvgIpc) is 2.59. The molecule has 1 aliphatic rings. The number of aryl methyl sites for hydroxylation is 1. The maximum atomic E-state index is 5.20. The van der Waals surface area contributed by atoms with E-state index in [4.69, 9.17) is 4.42 Å². The lowest BCUT2D eigenvalue weighted by molar-refractivity contribution is 0.485. The second-order valence-electron chi connectivity index (χ2n) is 2.72. The summed E-state index contributed by atoms with van der Waals surface area (Å²) in [6.45, 7) is 2.61. The SMILES string of the molecule is Cc1ncoc1C1=NNCN1C. The molecule has 0 saturated carbocycles. The first kappa shape index (κ1) is 7.15. The molecule has 0 aromatic carbocycles. The van der Waals surface area contributed by atoms with Crippen molar-refractivity contribution in [3.8, 4) is 0 Å². The monoisotopic (exact) mass is 166 g/mol. The van der Waals surface area contributed by atoms with Crippen molar-refractivity contribution in [1.82, 2.24) is 15.3 Å². The fraction of sp³-hybridized carbons (Fsp3) is 0.429. The standard InChI is InChI=1S/C7H10N4O/c1-5-6(12-4-8-5)7-10-9-3-11(7)2/h4,9H,3H2,1-2H3. The minimum Gasteiger partial charge on any atom is -0.440 e. The summed E-state index contributed by atoms with van der Waals surface area (Å²) in [5, 5.41) is 4.08. The summed E-state index contributed by atoms with van der Waals surface area (Å²) in [4.78, 5) is 5.96. The van der Waals surface area contributed by atoms with Gasteiger partial charge in [0.25, 0.3) is 0 Å². The third-order valence-electron chi connectivity index (χ3n) is 1.80. The number of hydrogen-bond donors (Lipinski definition) is 1. The fourth-order valence-corrected chi connectivity index (χ4v) is 1.12. The molecule has 1 N–H and O–H groups in total. The average molecular weight is 166 g/mol. The van der Waals surface area contributed by atoms with Gasteiger partial charge >= 0.3 is 0 Å². The zero-order chi connectivity index (χ0) is 8.55. The molecule has 5 nitrogen and oxygen atoms in total. The van der Waals surface area contributed by atoms with Crippen LogP contribution in [0.15, 0.2) is 15.9 Å². The molecule has 1 aliphatic heterocycles. The van der Waals surface area contributed by atoms with Crippen LogP contribution in [0, 0.1) is 6.92 Å². The maximum Gasteiger partial charge on any atom is 0.194 e. The van der Waals surface area contributed by atoms with E-state index < -0.39 is 0 Å². The third kappa shape index (κ3) is 0.939. The summed E-state index contributed by atoms with van der Waals surface area (Å²) < 4.78 is 5.20. The topological polar surface area (TPSA) is 53.7 Å². The molecule has 5 heteroatoms. The highest BCUT2D eigenvalue weighted by molar-refractivity contribution is 5.97. The van der Waals surface area contributed by atoms with Gasteiger partial charge in [-0.05, 0) is 6.92 Å². The lowest BCUT2D eigenvalue weighted by Gasteiger charge is -2.09. The Balaban J connectivity index is 2.37. The van der Waals surface area contributed by atoms with Crippen LogP contribution in [0.3, 0.4) is 0 Å². The van der Waals surface area contributed by atoms with Crippen LogP contribution in [-0.4, -0.2) is 29.4 Å². The Kier molecular flexibility index (Phi) is 1.49. The van der Waals surface area contributed by atoms with Gasteiger partial charge in [0.1, 0.15) is 6.67 Å². The summed E-state index contributed by atoms with van der Waals surface area (Å²) >= 11 is 0. The van der Waals surface area contributed by atoms with Crippen molar-refractivity contribution < 1.29 is 4.42 Å². The molecule has 0 unspecified atom stereocenters. The summed E-state index contributed by atoms with van der Waals surface area (Å²) in [6, 6.07) is 0. The van der Waals surface area contributed by atoms with E-state index in [2.05, 4.69) is 15.5 Å². The molecule has 0 fully saturated rings. The zero-order valence-corrected chi connectivity index (χ0v) is 7.03. The van der Waals surface area contributed by atoms with E-state index in [9.17, 15) is 0 Å². The highest BCUT2D eigenvalue weighted by Crippen LogP contribution is 2.10. The van der Waals surface area contributed by atoms with Crippen LogP contribution in [0.25, 0.3) is 0 Å². The predicted molar refractivity (Wildman–Crippen MR) is 43.5 cm³/mol. The Hall–Kier alpha value is -1.52. The van der Waals surface area contributed by atoms with Crippen LogP contribution in [0.1, 0.15) is 11.5 Å². The number of nitrogens with zero attached hydrogens (tertiary/aromatic N) is 3. The van der Waals surface area contributed by atoms with Crippen LogP contribution in [0.4, 0.5) is 0 Å². The van der Waals surface area contributed by atoms with Gasteiger partial charge in [-0.3, -0.25) is 5.43 Å². The van der Waals surface area contributed by atoms with Gasteiger partial charge in [-0.1, -0.05) is 0 Å². The van der Waals surface area contributed by atoms with E-state index in [-0.39, 0.29) is 0 Å². The first-order valence-corrected chi connectivity index (χ1v) is 3.71. The van der Waals surface area contributed by atoms with Crippen molar-refractivity contribution in [2.24, 2.45) is 5.10 Å². The van der Waals surface area contributed by atoms with Gasteiger partial charge in [-0.15, -0.1) is 0 Å². The number of rotatable bonds is 1. The van der Waals surface area contributed by atoms with Crippen molar-refractivity contribution >= 4 is 5.84 Å². The van der Waals surface area contributed by atoms with Crippen LogP contribution in [0.2, 0.25) is 0 Å². The van der Waals surface area contributed by atoms with Crippen molar-refractivity contribution in [2.45, 2.75) is 6.92 Å². The number of oxazole rings is 1. The number of amidine groups is 1. The third-order valence-corrected chi connectivity index (χ3v) is 1.80. The number of aromatic nitrogens is 1.